The molecular weight excluding hydrogens is 324 g/mol. The molecule has 2 fully saturated rings. The molecule has 0 bridgehead atoms. The van der Waals surface area contributed by atoms with Crippen LogP contribution in [-0.2, 0) is 6.54 Å². The van der Waals surface area contributed by atoms with Crippen LogP contribution in [0.2, 0.25) is 0 Å². The summed E-state index contributed by atoms with van der Waals surface area (Å²) in [5.41, 5.74) is 2.77. The van der Waals surface area contributed by atoms with E-state index in [1.807, 2.05) is 0 Å². The minimum absolute atomic E-state index is 0.946. The minimum atomic E-state index is 0.946. The summed E-state index contributed by atoms with van der Waals surface area (Å²) >= 11 is 3.81. The zero-order chi connectivity index (χ0) is 14.7. The van der Waals surface area contributed by atoms with Gasteiger partial charge in [-0.1, -0.05) is 13.0 Å². The lowest BCUT2D eigenvalue weighted by atomic mass is 10.1. The first-order valence-electron chi connectivity index (χ1n) is 8.50. The molecule has 2 saturated carbocycles. The van der Waals surface area contributed by atoms with Gasteiger partial charge < -0.3 is 10.2 Å². The third-order valence-electron chi connectivity index (χ3n) is 4.46. The first-order chi connectivity index (χ1) is 10.3. The van der Waals surface area contributed by atoms with Gasteiger partial charge in [0.05, 0.1) is 5.69 Å². The van der Waals surface area contributed by atoms with Crippen molar-refractivity contribution < 1.29 is 0 Å². The quantitative estimate of drug-likeness (QED) is 0.656. The van der Waals surface area contributed by atoms with Gasteiger partial charge in [-0.15, -0.1) is 0 Å². The van der Waals surface area contributed by atoms with Crippen LogP contribution in [0.4, 0.5) is 5.69 Å². The molecule has 0 radical (unpaired) electrons. The van der Waals surface area contributed by atoms with E-state index in [-0.39, 0.29) is 0 Å². The number of rotatable bonds is 9. The Hall–Kier alpha value is -0.540. The van der Waals surface area contributed by atoms with Gasteiger partial charge in [-0.05, 0) is 84.1 Å². The monoisotopic (exact) mass is 350 g/mol. The Morgan fingerprint density at radius 1 is 1.14 bits per heavy atom. The summed E-state index contributed by atoms with van der Waals surface area (Å²) < 4.78 is 1.26. The smallest absolute Gasteiger partial charge is 0.0511 e. The Morgan fingerprint density at radius 2 is 1.81 bits per heavy atom. The Morgan fingerprint density at radius 3 is 2.33 bits per heavy atom. The van der Waals surface area contributed by atoms with Gasteiger partial charge in [0.25, 0.3) is 0 Å². The maximum atomic E-state index is 3.81. The minimum Gasteiger partial charge on any atom is -0.370 e. The van der Waals surface area contributed by atoms with E-state index in [4.69, 9.17) is 0 Å². The van der Waals surface area contributed by atoms with Crippen molar-refractivity contribution in [1.29, 1.82) is 0 Å². The number of benzene rings is 1. The normalized spacial score (nSPS) is 18.0. The molecule has 0 aliphatic heterocycles. The number of hydrogen-bond acceptors (Lipinski definition) is 2. The molecule has 1 aromatic rings. The summed E-state index contributed by atoms with van der Waals surface area (Å²) in [4.78, 5) is 2.63. The summed E-state index contributed by atoms with van der Waals surface area (Å²) in [5.74, 6) is 1.89. The van der Waals surface area contributed by atoms with Crippen molar-refractivity contribution in [1.82, 2.24) is 5.32 Å². The molecule has 0 atom stereocenters. The van der Waals surface area contributed by atoms with Crippen LogP contribution in [0.5, 0.6) is 0 Å². The fraction of sp³-hybridized carbons (Fsp3) is 0.667. The van der Waals surface area contributed by atoms with Gasteiger partial charge in [-0.2, -0.15) is 0 Å². The highest BCUT2D eigenvalue weighted by Crippen LogP contribution is 2.38. The number of hydrogen-bond donors (Lipinski definition) is 1. The third kappa shape index (κ3) is 4.72. The molecule has 0 saturated heterocycles. The van der Waals surface area contributed by atoms with Crippen molar-refractivity contribution in [2.45, 2.75) is 45.6 Å². The second kappa shape index (κ2) is 7.15. The third-order valence-corrected chi connectivity index (χ3v) is 5.09. The predicted octanol–water partition coefficient (Wildman–Crippen LogP) is 4.58. The Kier molecular flexibility index (Phi) is 5.23. The lowest BCUT2D eigenvalue weighted by molar-refractivity contribution is 0.671. The van der Waals surface area contributed by atoms with E-state index in [1.165, 1.54) is 60.9 Å². The summed E-state index contributed by atoms with van der Waals surface area (Å²) in [5, 5.41) is 3.48. The van der Waals surface area contributed by atoms with Gasteiger partial charge >= 0.3 is 0 Å². The summed E-state index contributed by atoms with van der Waals surface area (Å²) in [6, 6.07) is 6.90. The topological polar surface area (TPSA) is 15.3 Å². The van der Waals surface area contributed by atoms with E-state index in [0.717, 1.165) is 24.9 Å². The lowest BCUT2D eigenvalue weighted by Gasteiger charge is -2.26. The SMILES string of the molecule is CCCNCc1ccc(N(CC2CC2)CC2CC2)c(Br)c1. The molecule has 1 N–H and O–H groups in total. The van der Waals surface area contributed by atoms with E-state index < -0.39 is 0 Å². The van der Waals surface area contributed by atoms with Gasteiger partial charge in [0.15, 0.2) is 0 Å². The molecule has 2 aliphatic rings. The zero-order valence-electron chi connectivity index (χ0n) is 13.1. The van der Waals surface area contributed by atoms with E-state index in [2.05, 4.69) is 51.3 Å². The first-order valence-corrected chi connectivity index (χ1v) is 9.29. The molecule has 2 aliphatic carbocycles. The van der Waals surface area contributed by atoms with Crippen LogP contribution in [0.25, 0.3) is 0 Å². The van der Waals surface area contributed by atoms with Crippen molar-refractivity contribution in [3.05, 3.63) is 28.2 Å². The van der Waals surface area contributed by atoms with E-state index in [0.29, 0.717) is 0 Å². The predicted molar refractivity (Wildman–Crippen MR) is 93.8 cm³/mol. The fourth-order valence-corrected chi connectivity index (χ4v) is 3.50. The van der Waals surface area contributed by atoms with Crippen LogP contribution in [0, 0.1) is 11.8 Å². The second-order valence-electron chi connectivity index (χ2n) is 6.75. The van der Waals surface area contributed by atoms with Gasteiger partial charge in [-0.3, -0.25) is 0 Å². The number of nitrogens with zero attached hydrogens (tertiary/aromatic N) is 1. The number of anilines is 1. The summed E-state index contributed by atoms with van der Waals surface area (Å²) in [6.07, 6.45) is 6.90. The van der Waals surface area contributed by atoms with Crippen molar-refractivity contribution >= 4 is 21.6 Å². The van der Waals surface area contributed by atoms with Crippen molar-refractivity contribution in [2.24, 2.45) is 11.8 Å². The van der Waals surface area contributed by atoms with Crippen molar-refractivity contribution in [2.75, 3.05) is 24.5 Å². The molecule has 0 amide bonds. The highest BCUT2D eigenvalue weighted by Gasteiger charge is 2.29. The van der Waals surface area contributed by atoms with Gasteiger partial charge in [0, 0.05) is 24.1 Å². The van der Waals surface area contributed by atoms with Crippen molar-refractivity contribution in [3.63, 3.8) is 0 Å². The first kappa shape index (κ1) is 15.4. The standard InChI is InChI=1S/C18H27BrN2/c1-2-9-20-11-16-7-8-18(17(19)10-16)21(12-14-3-4-14)13-15-5-6-15/h7-8,10,14-15,20H,2-6,9,11-13H2,1H3. The Balaban J connectivity index is 1.65. The zero-order valence-corrected chi connectivity index (χ0v) is 14.7. The Bertz CT molecular complexity index is 452. The lowest BCUT2D eigenvalue weighted by Crippen LogP contribution is -2.28. The number of nitrogens with one attached hydrogen (secondary N) is 1. The molecule has 1 aromatic carbocycles. The van der Waals surface area contributed by atoms with Crippen LogP contribution in [0.3, 0.4) is 0 Å². The highest BCUT2D eigenvalue weighted by molar-refractivity contribution is 9.10. The maximum Gasteiger partial charge on any atom is 0.0511 e. The fourth-order valence-electron chi connectivity index (χ4n) is 2.82. The molecule has 3 heteroatoms. The molecular formula is C18H27BrN2. The van der Waals surface area contributed by atoms with E-state index in [1.54, 1.807) is 0 Å². The Labute approximate surface area is 137 Å². The average Bonchev–Trinajstić information content (AvgIpc) is 3.34. The van der Waals surface area contributed by atoms with Crippen LogP contribution >= 0.6 is 15.9 Å². The molecule has 3 rings (SSSR count). The summed E-state index contributed by atoms with van der Waals surface area (Å²) in [6.45, 7) is 6.78. The largest absolute Gasteiger partial charge is 0.370 e. The highest BCUT2D eigenvalue weighted by atomic mass is 79.9. The summed E-state index contributed by atoms with van der Waals surface area (Å²) in [7, 11) is 0. The van der Waals surface area contributed by atoms with Gasteiger partial charge in [-0.25, -0.2) is 0 Å². The van der Waals surface area contributed by atoms with Crippen LogP contribution in [0.1, 0.15) is 44.6 Å². The molecule has 0 heterocycles. The second-order valence-corrected chi connectivity index (χ2v) is 7.61. The average molecular weight is 351 g/mol. The van der Waals surface area contributed by atoms with Crippen molar-refractivity contribution in [3.8, 4) is 0 Å². The molecule has 116 valence electrons. The van der Waals surface area contributed by atoms with E-state index >= 15 is 0 Å². The number of halogens is 1. The molecule has 21 heavy (non-hydrogen) atoms. The van der Waals surface area contributed by atoms with Gasteiger partial charge in [0.2, 0.25) is 0 Å². The molecule has 0 unspecified atom stereocenters. The van der Waals surface area contributed by atoms with Gasteiger partial charge in [0.1, 0.15) is 0 Å². The van der Waals surface area contributed by atoms with Crippen LogP contribution < -0.4 is 10.2 Å². The maximum absolute atomic E-state index is 3.81. The van der Waals surface area contributed by atoms with Crippen LogP contribution in [0.15, 0.2) is 22.7 Å². The molecule has 2 nitrogen and oxygen atoms in total. The molecule has 0 spiro atoms. The van der Waals surface area contributed by atoms with E-state index in [9.17, 15) is 0 Å². The van der Waals surface area contributed by atoms with Crippen LogP contribution in [-0.4, -0.2) is 19.6 Å². The molecule has 0 aromatic heterocycles.